The molecule has 0 aliphatic carbocycles. The van der Waals surface area contributed by atoms with E-state index in [-0.39, 0.29) is 12.7 Å². The summed E-state index contributed by atoms with van der Waals surface area (Å²) in [5.41, 5.74) is 0. The number of piperidine rings is 1. The number of rotatable bonds is 2. The fourth-order valence-corrected chi connectivity index (χ4v) is 2.36. The van der Waals surface area contributed by atoms with Crippen molar-refractivity contribution >= 4 is 0 Å². The van der Waals surface area contributed by atoms with Gasteiger partial charge in [-0.05, 0) is 25.9 Å². The number of ether oxygens (including phenoxy) is 1. The second kappa shape index (κ2) is 5.07. The van der Waals surface area contributed by atoms with Gasteiger partial charge in [0, 0.05) is 19.1 Å². The van der Waals surface area contributed by atoms with Crippen molar-refractivity contribution in [3.8, 4) is 0 Å². The third-order valence-electron chi connectivity index (χ3n) is 3.20. The first-order valence-corrected chi connectivity index (χ1v) is 5.57. The van der Waals surface area contributed by atoms with Crippen molar-refractivity contribution < 1.29 is 9.84 Å². The summed E-state index contributed by atoms with van der Waals surface area (Å²) in [5, 5.41) is 12.4. The molecule has 0 aromatic carbocycles. The van der Waals surface area contributed by atoms with Crippen molar-refractivity contribution in [1.29, 1.82) is 0 Å². The van der Waals surface area contributed by atoms with Crippen LogP contribution in [0.5, 0.6) is 0 Å². The highest BCUT2D eigenvalue weighted by molar-refractivity contribution is 4.81. The lowest BCUT2D eigenvalue weighted by atomic mass is 10.0. The minimum atomic E-state index is 0.0404. The van der Waals surface area contributed by atoms with Crippen LogP contribution in [-0.2, 0) is 4.74 Å². The monoisotopic (exact) mass is 200 g/mol. The molecule has 2 aliphatic rings. The molecule has 0 bridgehead atoms. The van der Waals surface area contributed by atoms with Crippen molar-refractivity contribution in [1.82, 2.24) is 10.2 Å². The molecule has 82 valence electrons. The number of nitrogens with zero attached hydrogens (tertiary/aromatic N) is 1. The van der Waals surface area contributed by atoms with E-state index in [1.165, 1.54) is 12.8 Å². The number of hydrogen-bond acceptors (Lipinski definition) is 4. The predicted octanol–water partition coefficient (Wildman–Crippen LogP) is -0.568. The lowest BCUT2D eigenvalue weighted by Gasteiger charge is -2.39. The molecule has 0 radical (unpaired) electrons. The average molecular weight is 200 g/mol. The second-order valence-electron chi connectivity index (χ2n) is 4.15. The van der Waals surface area contributed by atoms with Crippen LogP contribution in [-0.4, -0.2) is 61.5 Å². The number of hydrogen-bond donors (Lipinski definition) is 2. The first-order valence-electron chi connectivity index (χ1n) is 5.57. The van der Waals surface area contributed by atoms with E-state index in [0.29, 0.717) is 6.04 Å². The molecule has 0 aromatic rings. The Hall–Kier alpha value is -0.160. The average Bonchev–Trinajstić information content (AvgIpc) is 2.30. The Labute approximate surface area is 85.2 Å². The SMILES string of the molecule is OC[C@@H]1CN(C2CCNCC2)CCO1. The van der Waals surface area contributed by atoms with Gasteiger partial charge in [-0.15, -0.1) is 0 Å². The lowest BCUT2D eigenvalue weighted by Crippen LogP contribution is -2.51. The van der Waals surface area contributed by atoms with E-state index >= 15 is 0 Å². The Balaban J connectivity index is 1.83. The van der Waals surface area contributed by atoms with Crippen molar-refractivity contribution in [2.75, 3.05) is 39.4 Å². The Morgan fingerprint density at radius 2 is 2.14 bits per heavy atom. The zero-order valence-electron chi connectivity index (χ0n) is 8.61. The van der Waals surface area contributed by atoms with Crippen molar-refractivity contribution in [2.45, 2.75) is 25.0 Å². The van der Waals surface area contributed by atoms with Crippen LogP contribution in [0.25, 0.3) is 0 Å². The molecule has 4 heteroatoms. The Kier molecular flexibility index (Phi) is 3.75. The minimum Gasteiger partial charge on any atom is -0.394 e. The summed E-state index contributed by atoms with van der Waals surface area (Å²) < 4.78 is 5.44. The van der Waals surface area contributed by atoms with Crippen LogP contribution in [0.15, 0.2) is 0 Å². The molecular formula is C10H20N2O2. The van der Waals surface area contributed by atoms with Crippen molar-refractivity contribution in [2.24, 2.45) is 0 Å². The van der Waals surface area contributed by atoms with Gasteiger partial charge in [0.2, 0.25) is 0 Å². The Morgan fingerprint density at radius 3 is 2.86 bits per heavy atom. The van der Waals surface area contributed by atoms with Gasteiger partial charge in [0.05, 0.1) is 19.3 Å². The van der Waals surface area contributed by atoms with Gasteiger partial charge in [-0.3, -0.25) is 4.90 Å². The zero-order chi connectivity index (χ0) is 9.80. The summed E-state index contributed by atoms with van der Waals surface area (Å²) in [6.45, 7) is 5.12. The van der Waals surface area contributed by atoms with Crippen LogP contribution in [0.2, 0.25) is 0 Å². The number of aliphatic hydroxyl groups excluding tert-OH is 1. The summed E-state index contributed by atoms with van der Waals surface area (Å²) in [6, 6.07) is 0.703. The summed E-state index contributed by atoms with van der Waals surface area (Å²) in [7, 11) is 0. The van der Waals surface area contributed by atoms with Gasteiger partial charge in [0.25, 0.3) is 0 Å². The van der Waals surface area contributed by atoms with Gasteiger partial charge in [-0.25, -0.2) is 0 Å². The molecule has 0 spiro atoms. The van der Waals surface area contributed by atoms with Crippen LogP contribution < -0.4 is 5.32 Å². The molecule has 14 heavy (non-hydrogen) atoms. The van der Waals surface area contributed by atoms with Gasteiger partial charge < -0.3 is 15.2 Å². The normalized spacial score (nSPS) is 31.9. The minimum absolute atomic E-state index is 0.0404. The van der Waals surface area contributed by atoms with Crippen LogP contribution in [0.3, 0.4) is 0 Å². The highest BCUT2D eigenvalue weighted by Crippen LogP contribution is 2.15. The molecular weight excluding hydrogens is 180 g/mol. The maximum absolute atomic E-state index is 9.04. The van der Waals surface area contributed by atoms with Gasteiger partial charge in [-0.1, -0.05) is 0 Å². The first kappa shape index (κ1) is 10.4. The third-order valence-corrected chi connectivity index (χ3v) is 3.20. The fourth-order valence-electron chi connectivity index (χ4n) is 2.36. The molecule has 2 N–H and O–H groups in total. The summed E-state index contributed by atoms with van der Waals surface area (Å²) >= 11 is 0. The smallest absolute Gasteiger partial charge is 0.0932 e. The molecule has 2 aliphatic heterocycles. The first-order chi connectivity index (χ1) is 6.90. The molecule has 1 atom stereocenters. The molecule has 0 aromatic heterocycles. The highest BCUT2D eigenvalue weighted by atomic mass is 16.5. The molecule has 2 fully saturated rings. The van der Waals surface area contributed by atoms with Crippen molar-refractivity contribution in [3.05, 3.63) is 0 Å². The molecule has 0 unspecified atom stereocenters. The standard InChI is InChI=1S/C10H20N2O2/c13-8-10-7-12(5-6-14-10)9-1-3-11-4-2-9/h9-11,13H,1-8H2/t10-/m0/s1. The maximum Gasteiger partial charge on any atom is 0.0932 e. The summed E-state index contributed by atoms with van der Waals surface area (Å²) in [5.74, 6) is 0. The highest BCUT2D eigenvalue weighted by Gasteiger charge is 2.26. The second-order valence-corrected chi connectivity index (χ2v) is 4.15. The quantitative estimate of drug-likeness (QED) is 0.627. The van der Waals surface area contributed by atoms with Gasteiger partial charge in [0.15, 0.2) is 0 Å². The largest absolute Gasteiger partial charge is 0.394 e. The lowest BCUT2D eigenvalue weighted by molar-refractivity contribution is -0.0677. The van der Waals surface area contributed by atoms with Gasteiger partial charge in [-0.2, -0.15) is 0 Å². The van der Waals surface area contributed by atoms with Crippen molar-refractivity contribution in [3.63, 3.8) is 0 Å². The Bertz CT molecular complexity index is 172. The maximum atomic E-state index is 9.04. The molecule has 2 heterocycles. The van der Waals surface area contributed by atoms with E-state index < -0.39 is 0 Å². The zero-order valence-corrected chi connectivity index (χ0v) is 8.61. The molecule has 0 amide bonds. The topological polar surface area (TPSA) is 44.7 Å². The molecule has 0 saturated carbocycles. The van der Waals surface area contributed by atoms with Gasteiger partial charge in [0.1, 0.15) is 0 Å². The Morgan fingerprint density at radius 1 is 1.36 bits per heavy atom. The number of nitrogens with one attached hydrogen (secondary N) is 1. The van der Waals surface area contributed by atoms with E-state index in [1.807, 2.05) is 0 Å². The van der Waals surface area contributed by atoms with Crippen LogP contribution in [0, 0.1) is 0 Å². The molecule has 2 saturated heterocycles. The fraction of sp³-hybridized carbons (Fsp3) is 1.00. The summed E-state index contributed by atoms with van der Waals surface area (Å²) in [4.78, 5) is 2.48. The van der Waals surface area contributed by atoms with E-state index in [1.54, 1.807) is 0 Å². The predicted molar refractivity (Wildman–Crippen MR) is 54.3 cm³/mol. The molecule has 4 nitrogen and oxygen atoms in total. The number of morpholine rings is 1. The van der Waals surface area contributed by atoms with E-state index in [2.05, 4.69) is 10.2 Å². The van der Waals surface area contributed by atoms with E-state index in [4.69, 9.17) is 9.84 Å². The third kappa shape index (κ3) is 2.45. The van der Waals surface area contributed by atoms with Gasteiger partial charge >= 0.3 is 0 Å². The van der Waals surface area contributed by atoms with E-state index in [0.717, 1.165) is 32.8 Å². The van der Waals surface area contributed by atoms with Crippen LogP contribution in [0.4, 0.5) is 0 Å². The molecule has 2 rings (SSSR count). The van der Waals surface area contributed by atoms with Crippen LogP contribution in [0.1, 0.15) is 12.8 Å². The number of aliphatic hydroxyl groups is 1. The summed E-state index contributed by atoms with van der Waals surface area (Å²) in [6.07, 6.45) is 2.51. The van der Waals surface area contributed by atoms with E-state index in [9.17, 15) is 0 Å². The van der Waals surface area contributed by atoms with Crippen LogP contribution >= 0.6 is 0 Å².